The van der Waals surface area contributed by atoms with E-state index >= 15 is 0 Å². The Balaban J connectivity index is 1.60. The molecular weight excluding hydrogens is 266 g/mol. The average Bonchev–Trinajstić information content (AvgIpc) is 3.08. The van der Waals surface area contributed by atoms with Gasteiger partial charge in [-0.05, 0) is 12.1 Å². The minimum Gasteiger partial charge on any atom is -0.372 e. The Kier molecular flexibility index (Phi) is 2.89. The van der Waals surface area contributed by atoms with Gasteiger partial charge in [-0.3, -0.25) is 4.68 Å². The number of fused-ring (bicyclic) bond motifs is 2. The third-order valence-electron chi connectivity index (χ3n) is 3.91. The average molecular weight is 283 g/mol. The first-order chi connectivity index (χ1) is 10.3. The van der Waals surface area contributed by atoms with Crippen LogP contribution in [0.2, 0.25) is 0 Å². The van der Waals surface area contributed by atoms with E-state index in [1.54, 1.807) is 0 Å². The molecule has 21 heavy (non-hydrogen) atoms. The van der Waals surface area contributed by atoms with Crippen LogP contribution in [0.1, 0.15) is 11.5 Å². The molecule has 0 fully saturated rings. The van der Waals surface area contributed by atoms with Gasteiger partial charge in [0, 0.05) is 19.0 Å². The summed E-state index contributed by atoms with van der Waals surface area (Å²) in [5.41, 5.74) is 2.30. The number of aromatic nitrogens is 4. The largest absolute Gasteiger partial charge is 0.372 e. The fraction of sp³-hybridized carbons (Fsp3) is 0.333. The fourth-order valence-corrected chi connectivity index (χ4v) is 2.82. The second-order valence-corrected chi connectivity index (χ2v) is 5.21. The molecule has 0 saturated heterocycles. The molecule has 3 heterocycles. The Morgan fingerprint density at radius 2 is 2.24 bits per heavy atom. The zero-order chi connectivity index (χ0) is 14.2. The van der Waals surface area contributed by atoms with E-state index in [9.17, 15) is 0 Å². The van der Waals surface area contributed by atoms with Gasteiger partial charge in [-0.25, -0.2) is 4.98 Å². The Labute approximate surface area is 122 Å². The van der Waals surface area contributed by atoms with E-state index < -0.39 is 0 Å². The van der Waals surface area contributed by atoms with Crippen molar-refractivity contribution >= 4 is 16.7 Å². The number of imidazole rings is 1. The van der Waals surface area contributed by atoms with Crippen LogP contribution in [0.3, 0.4) is 0 Å². The van der Waals surface area contributed by atoms with E-state index in [1.165, 1.54) is 5.69 Å². The minimum atomic E-state index is 0.604. The monoisotopic (exact) mass is 283 g/mol. The number of ether oxygens (including phenoxy) is 1. The number of hydrogen-bond acceptors (Lipinski definition) is 4. The van der Waals surface area contributed by atoms with Gasteiger partial charge in [-0.1, -0.05) is 12.1 Å². The molecule has 2 aromatic heterocycles. The molecule has 1 N–H and O–H groups in total. The van der Waals surface area contributed by atoms with Crippen LogP contribution in [-0.4, -0.2) is 25.9 Å². The van der Waals surface area contributed by atoms with Gasteiger partial charge in [0.25, 0.3) is 0 Å². The number of nitrogens with one attached hydrogen (secondary N) is 1. The van der Waals surface area contributed by atoms with Crippen molar-refractivity contribution in [2.75, 3.05) is 11.9 Å². The zero-order valence-electron chi connectivity index (χ0n) is 11.9. The van der Waals surface area contributed by atoms with E-state index in [2.05, 4.69) is 32.1 Å². The topological polar surface area (TPSA) is 56.9 Å². The quantitative estimate of drug-likeness (QED) is 0.798. The van der Waals surface area contributed by atoms with E-state index in [0.29, 0.717) is 13.2 Å². The molecule has 108 valence electrons. The lowest BCUT2D eigenvalue weighted by molar-refractivity contribution is 0.0807. The Morgan fingerprint density at radius 1 is 1.33 bits per heavy atom. The third kappa shape index (κ3) is 2.08. The lowest BCUT2D eigenvalue weighted by Gasteiger charge is -2.17. The van der Waals surface area contributed by atoms with Crippen LogP contribution in [-0.2, 0) is 31.5 Å². The van der Waals surface area contributed by atoms with Crippen LogP contribution in [0.5, 0.6) is 0 Å². The highest BCUT2D eigenvalue weighted by Crippen LogP contribution is 2.22. The number of benzene rings is 1. The van der Waals surface area contributed by atoms with E-state index in [4.69, 9.17) is 4.74 Å². The Hall–Kier alpha value is -2.34. The summed E-state index contributed by atoms with van der Waals surface area (Å²) >= 11 is 0. The predicted octanol–water partition coefficient (Wildman–Crippen LogP) is 1.91. The summed E-state index contributed by atoms with van der Waals surface area (Å²) < 4.78 is 9.54. The van der Waals surface area contributed by atoms with Crippen LogP contribution in [0.4, 0.5) is 5.82 Å². The number of rotatable bonds is 3. The van der Waals surface area contributed by atoms with Gasteiger partial charge in [-0.15, -0.1) is 0 Å². The fourth-order valence-electron chi connectivity index (χ4n) is 2.82. The van der Waals surface area contributed by atoms with Gasteiger partial charge in [0.1, 0.15) is 12.4 Å². The molecule has 1 aromatic carbocycles. The standard InChI is InChI=1S/C15H17N5O/c1-19-13-5-3-2-4-12(13)15(18-19)17-9-11-8-16-14-10-21-7-6-20(11)14/h2-5,8H,6-7,9-10H2,1H3,(H,17,18). The number of hydrogen-bond donors (Lipinski definition) is 1. The highest BCUT2D eigenvalue weighted by atomic mass is 16.5. The van der Waals surface area contributed by atoms with Crippen LogP contribution < -0.4 is 5.32 Å². The van der Waals surface area contributed by atoms with Crippen molar-refractivity contribution in [3.63, 3.8) is 0 Å². The van der Waals surface area contributed by atoms with Crippen molar-refractivity contribution in [2.45, 2.75) is 19.7 Å². The van der Waals surface area contributed by atoms with Crippen LogP contribution in [0.15, 0.2) is 30.5 Å². The van der Waals surface area contributed by atoms with Crippen molar-refractivity contribution in [3.05, 3.63) is 42.0 Å². The molecule has 0 unspecified atom stereocenters. The molecule has 0 radical (unpaired) electrons. The number of para-hydroxylation sites is 1. The highest BCUT2D eigenvalue weighted by molar-refractivity contribution is 5.90. The van der Waals surface area contributed by atoms with Crippen LogP contribution in [0, 0.1) is 0 Å². The maximum absolute atomic E-state index is 5.41. The predicted molar refractivity (Wildman–Crippen MR) is 79.9 cm³/mol. The molecule has 0 aliphatic carbocycles. The first-order valence-electron chi connectivity index (χ1n) is 7.09. The van der Waals surface area contributed by atoms with Crippen LogP contribution in [0.25, 0.3) is 10.9 Å². The summed E-state index contributed by atoms with van der Waals surface area (Å²) in [7, 11) is 1.96. The SMILES string of the molecule is Cn1nc(NCc2cnc3n2CCOC3)c2ccccc21. The summed E-state index contributed by atoms with van der Waals surface area (Å²) in [5, 5.41) is 9.12. The molecule has 0 amide bonds. The molecule has 4 rings (SSSR count). The van der Waals surface area contributed by atoms with Crippen molar-refractivity contribution in [1.82, 2.24) is 19.3 Å². The maximum Gasteiger partial charge on any atom is 0.156 e. The normalized spacial score (nSPS) is 14.3. The number of anilines is 1. The Bertz CT molecular complexity index is 789. The zero-order valence-corrected chi connectivity index (χ0v) is 11.9. The molecule has 6 heteroatoms. The van der Waals surface area contributed by atoms with Crippen molar-refractivity contribution in [3.8, 4) is 0 Å². The molecule has 0 bridgehead atoms. The number of aryl methyl sites for hydroxylation is 1. The molecule has 1 aliphatic rings. The second kappa shape index (κ2) is 4.89. The lowest BCUT2D eigenvalue weighted by atomic mass is 10.2. The van der Waals surface area contributed by atoms with Gasteiger partial charge in [0.2, 0.25) is 0 Å². The highest BCUT2D eigenvalue weighted by Gasteiger charge is 2.15. The maximum atomic E-state index is 5.41. The molecule has 0 atom stereocenters. The molecule has 1 aliphatic heterocycles. The second-order valence-electron chi connectivity index (χ2n) is 5.21. The molecule has 3 aromatic rings. The summed E-state index contributed by atoms with van der Waals surface area (Å²) in [5.74, 6) is 1.92. The van der Waals surface area contributed by atoms with Gasteiger partial charge in [0.05, 0.1) is 30.6 Å². The van der Waals surface area contributed by atoms with E-state index in [-0.39, 0.29) is 0 Å². The van der Waals surface area contributed by atoms with E-state index in [0.717, 1.165) is 35.7 Å². The smallest absolute Gasteiger partial charge is 0.156 e. The van der Waals surface area contributed by atoms with Crippen LogP contribution >= 0.6 is 0 Å². The van der Waals surface area contributed by atoms with E-state index in [1.807, 2.05) is 30.1 Å². The van der Waals surface area contributed by atoms with Crippen molar-refractivity contribution in [2.24, 2.45) is 7.05 Å². The first kappa shape index (κ1) is 12.4. The molecule has 0 spiro atoms. The van der Waals surface area contributed by atoms with Crippen molar-refractivity contribution < 1.29 is 4.74 Å². The van der Waals surface area contributed by atoms with Gasteiger partial charge in [-0.2, -0.15) is 5.10 Å². The van der Waals surface area contributed by atoms with Crippen molar-refractivity contribution in [1.29, 1.82) is 0 Å². The lowest BCUT2D eigenvalue weighted by Crippen LogP contribution is -2.19. The molecule has 6 nitrogen and oxygen atoms in total. The first-order valence-corrected chi connectivity index (χ1v) is 7.09. The summed E-state index contributed by atoms with van der Waals surface area (Å²) in [6, 6.07) is 8.23. The summed E-state index contributed by atoms with van der Waals surface area (Å²) in [6.07, 6.45) is 1.92. The van der Waals surface area contributed by atoms with Gasteiger partial charge >= 0.3 is 0 Å². The van der Waals surface area contributed by atoms with Gasteiger partial charge < -0.3 is 14.6 Å². The third-order valence-corrected chi connectivity index (χ3v) is 3.91. The summed E-state index contributed by atoms with van der Waals surface area (Å²) in [4.78, 5) is 4.41. The minimum absolute atomic E-state index is 0.604. The van der Waals surface area contributed by atoms with Gasteiger partial charge in [0.15, 0.2) is 5.82 Å². The summed E-state index contributed by atoms with van der Waals surface area (Å²) in [6.45, 7) is 2.94. The molecule has 0 saturated carbocycles. The Morgan fingerprint density at radius 3 is 3.19 bits per heavy atom. The molecular formula is C15H17N5O. The number of nitrogens with zero attached hydrogens (tertiary/aromatic N) is 4.